The zero-order chi connectivity index (χ0) is 24.6. The van der Waals surface area contributed by atoms with Crippen molar-refractivity contribution in [1.82, 2.24) is 10.2 Å². The van der Waals surface area contributed by atoms with Crippen LogP contribution in [-0.4, -0.2) is 66.2 Å². The quantitative estimate of drug-likeness (QED) is 0.488. The van der Waals surface area contributed by atoms with Crippen LogP contribution in [0.3, 0.4) is 0 Å². The number of benzene rings is 2. The molecule has 1 fully saturated rings. The monoisotopic (exact) mass is 489 g/mol. The molecule has 0 unspecified atom stereocenters. The first kappa shape index (κ1) is 25.8. The van der Waals surface area contributed by atoms with Gasteiger partial charge >= 0.3 is 0 Å². The summed E-state index contributed by atoms with van der Waals surface area (Å²) in [7, 11) is -1.08. The van der Waals surface area contributed by atoms with Gasteiger partial charge in [-0.05, 0) is 70.1 Å². The molecule has 0 atom stereocenters. The molecule has 9 heteroatoms. The first-order valence-corrected chi connectivity index (χ1v) is 13.1. The number of ether oxygens (including phenoxy) is 2. The van der Waals surface area contributed by atoms with Crippen LogP contribution >= 0.6 is 0 Å². The molecule has 186 valence electrons. The van der Waals surface area contributed by atoms with E-state index in [4.69, 9.17) is 9.47 Å². The topological polar surface area (TPSA) is 88.2 Å². The van der Waals surface area contributed by atoms with E-state index in [-0.39, 0.29) is 23.0 Å². The molecule has 0 aromatic heterocycles. The Balaban J connectivity index is 1.79. The van der Waals surface area contributed by atoms with Crippen molar-refractivity contribution in [1.29, 1.82) is 0 Å². The van der Waals surface area contributed by atoms with Crippen molar-refractivity contribution in [3.63, 3.8) is 0 Å². The minimum absolute atomic E-state index is 0.0980. The van der Waals surface area contributed by atoms with Gasteiger partial charge in [-0.2, -0.15) is 0 Å². The first-order valence-electron chi connectivity index (χ1n) is 11.7. The number of nitrogens with zero attached hydrogens (tertiary/aromatic N) is 2. The third kappa shape index (κ3) is 6.64. The minimum atomic E-state index is -4.04. The number of hydrogen-bond acceptors (Lipinski definition) is 6. The number of aryl methyl sites for hydroxylation is 1. The largest absolute Gasteiger partial charge is 0.497 e. The third-order valence-electron chi connectivity index (χ3n) is 5.97. The van der Waals surface area contributed by atoms with Crippen LogP contribution in [0.2, 0.25) is 0 Å². The summed E-state index contributed by atoms with van der Waals surface area (Å²) in [5, 5.41) is 2.88. The maximum atomic E-state index is 13.6. The summed E-state index contributed by atoms with van der Waals surface area (Å²) >= 11 is 0. The molecule has 8 nitrogen and oxygen atoms in total. The molecule has 1 amide bonds. The van der Waals surface area contributed by atoms with E-state index in [1.165, 1.54) is 33.5 Å². The number of carbonyl (C=O) groups excluding carboxylic acids is 1. The van der Waals surface area contributed by atoms with Gasteiger partial charge in [0.1, 0.15) is 18.0 Å². The number of methoxy groups -OCH3 is 2. The molecule has 0 saturated carbocycles. The van der Waals surface area contributed by atoms with Gasteiger partial charge in [-0.25, -0.2) is 8.42 Å². The van der Waals surface area contributed by atoms with Crippen molar-refractivity contribution >= 4 is 21.6 Å². The molecule has 1 aliphatic rings. The number of likely N-dealkylation sites (tertiary alicyclic amines) is 1. The standard InChI is InChI=1S/C25H35N3O5S/c1-20-8-11-22(12-9-20)34(30,31)28(23-18-21(32-2)10-13-24(23)33-3)19-25(29)26-14-7-17-27-15-5-4-6-16-27/h8-13,18H,4-7,14-17,19H2,1-3H3,(H,26,29). The van der Waals surface area contributed by atoms with Gasteiger partial charge in [-0.1, -0.05) is 24.1 Å². The Morgan fingerprint density at radius 2 is 1.74 bits per heavy atom. The van der Waals surface area contributed by atoms with E-state index in [0.29, 0.717) is 18.0 Å². The van der Waals surface area contributed by atoms with Gasteiger partial charge < -0.3 is 19.7 Å². The summed E-state index contributed by atoms with van der Waals surface area (Å²) in [5.74, 6) is 0.412. The van der Waals surface area contributed by atoms with E-state index in [1.54, 1.807) is 42.5 Å². The fourth-order valence-corrected chi connectivity index (χ4v) is 5.45. The zero-order valence-corrected chi connectivity index (χ0v) is 21.1. The van der Waals surface area contributed by atoms with Gasteiger partial charge in [0, 0.05) is 12.6 Å². The molecule has 1 saturated heterocycles. The molecule has 0 spiro atoms. The lowest BCUT2D eigenvalue weighted by Crippen LogP contribution is -2.42. The number of hydrogen-bond donors (Lipinski definition) is 1. The molecule has 1 heterocycles. The highest BCUT2D eigenvalue weighted by Gasteiger charge is 2.30. The maximum absolute atomic E-state index is 13.6. The van der Waals surface area contributed by atoms with E-state index in [0.717, 1.165) is 35.9 Å². The highest BCUT2D eigenvalue weighted by Crippen LogP contribution is 2.35. The van der Waals surface area contributed by atoms with Crippen LogP contribution in [0.4, 0.5) is 5.69 Å². The summed E-state index contributed by atoms with van der Waals surface area (Å²) in [6, 6.07) is 11.4. The highest BCUT2D eigenvalue weighted by molar-refractivity contribution is 7.92. The highest BCUT2D eigenvalue weighted by atomic mass is 32.2. The van der Waals surface area contributed by atoms with Gasteiger partial charge in [0.2, 0.25) is 5.91 Å². The van der Waals surface area contributed by atoms with Gasteiger partial charge in [0.05, 0.1) is 24.8 Å². The molecule has 1 N–H and O–H groups in total. The fraction of sp³-hybridized carbons (Fsp3) is 0.480. The molecule has 3 rings (SSSR count). The van der Waals surface area contributed by atoms with Crippen molar-refractivity contribution in [2.75, 3.05) is 51.2 Å². The second-order valence-corrected chi connectivity index (χ2v) is 10.3. The van der Waals surface area contributed by atoms with E-state index in [9.17, 15) is 13.2 Å². The van der Waals surface area contributed by atoms with Crippen molar-refractivity contribution < 1.29 is 22.7 Å². The van der Waals surface area contributed by atoms with Gasteiger partial charge in [-0.15, -0.1) is 0 Å². The van der Waals surface area contributed by atoms with Gasteiger partial charge in [0.15, 0.2) is 0 Å². The summed E-state index contributed by atoms with van der Waals surface area (Å²) in [6.07, 6.45) is 4.55. The van der Waals surface area contributed by atoms with Gasteiger partial charge in [-0.3, -0.25) is 9.10 Å². The first-order chi connectivity index (χ1) is 16.3. The second-order valence-electron chi connectivity index (χ2n) is 8.47. The SMILES string of the molecule is COc1ccc(OC)c(N(CC(=O)NCCCN2CCCCC2)S(=O)(=O)c2ccc(C)cc2)c1. The summed E-state index contributed by atoms with van der Waals surface area (Å²) in [4.78, 5) is 15.4. The fourth-order valence-electron chi connectivity index (χ4n) is 4.03. The molecule has 0 aliphatic carbocycles. The third-order valence-corrected chi connectivity index (χ3v) is 7.75. The number of sulfonamides is 1. The van der Waals surface area contributed by atoms with Crippen LogP contribution in [0, 0.1) is 6.92 Å². The van der Waals surface area contributed by atoms with Crippen molar-refractivity contribution in [2.45, 2.75) is 37.5 Å². The molecular formula is C25H35N3O5S. The lowest BCUT2D eigenvalue weighted by atomic mass is 10.1. The minimum Gasteiger partial charge on any atom is -0.497 e. The van der Waals surface area contributed by atoms with Crippen molar-refractivity contribution in [2.24, 2.45) is 0 Å². The average Bonchev–Trinajstić information content (AvgIpc) is 2.85. The predicted molar refractivity (Wildman–Crippen MR) is 133 cm³/mol. The second kappa shape index (κ2) is 12.1. The lowest BCUT2D eigenvalue weighted by molar-refractivity contribution is -0.119. The van der Waals surface area contributed by atoms with E-state index >= 15 is 0 Å². The smallest absolute Gasteiger partial charge is 0.264 e. The number of rotatable bonds is 11. The number of piperidine rings is 1. The molecular weight excluding hydrogens is 454 g/mol. The Labute approximate surface area is 202 Å². The van der Waals surface area contributed by atoms with Crippen LogP contribution in [0.15, 0.2) is 47.4 Å². The number of nitrogens with one attached hydrogen (secondary N) is 1. The Morgan fingerprint density at radius 1 is 1.03 bits per heavy atom. The lowest BCUT2D eigenvalue weighted by Gasteiger charge is -2.27. The van der Waals surface area contributed by atoms with Crippen molar-refractivity contribution in [3.8, 4) is 11.5 Å². The van der Waals surface area contributed by atoms with Crippen LogP contribution in [0.1, 0.15) is 31.2 Å². The predicted octanol–water partition coefficient (Wildman–Crippen LogP) is 3.20. The van der Waals surface area contributed by atoms with Crippen LogP contribution < -0.4 is 19.1 Å². The summed E-state index contributed by atoms with van der Waals surface area (Å²) in [5.41, 5.74) is 1.18. The molecule has 2 aromatic carbocycles. The summed E-state index contributed by atoms with van der Waals surface area (Å²) < 4.78 is 39.1. The molecule has 34 heavy (non-hydrogen) atoms. The molecule has 0 radical (unpaired) electrons. The van der Waals surface area contributed by atoms with E-state index in [1.807, 2.05) is 6.92 Å². The Morgan fingerprint density at radius 3 is 2.38 bits per heavy atom. The Bertz CT molecular complexity index is 1050. The Hall–Kier alpha value is -2.78. The number of anilines is 1. The van der Waals surface area contributed by atoms with Crippen LogP contribution in [0.5, 0.6) is 11.5 Å². The zero-order valence-electron chi connectivity index (χ0n) is 20.2. The molecule has 2 aromatic rings. The normalized spacial score (nSPS) is 14.4. The molecule has 0 bridgehead atoms. The number of amides is 1. The maximum Gasteiger partial charge on any atom is 0.264 e. The molecule has 1 aliphatic heterocycles. The summed E-state index contributed by atoms with van der Waals surface area (Å²) in [6.45, 7) is 5.14. The average molecular weight is 490 g/mol. The van der Waals surface area contributed by atoms with Crippen molar-refractivity contribution in [3.05, 3.63) is 48.0 Å². The van der Waals surface area contributed by atoms with E-state index < -0.39 is 10.0 Å². The Kier molecular flexibility index (Phi) is 9.18. The number of carbonyl (C=O) groups is 1. The van der Waals surface area contributed by atoms with Crippen LogP contribution in [-0.2, 0) is 14.8 Å². The van der Waals surface area contributed by atoms with Gasteiger partial charge in [0.25, 0.3) is 10.0 Å². The van der Waals surface area contributed by atoms with E-state index in [2.05, 4.69) is 10.2 Å². The van der Waals surface area contributed by atoms with Crippen LogP contribution in [0.25, 0.3) is 0 Å².